The quantitative estimate of drug-likeness (QED) is 0.654. The van der Waals surface area contributed by atoms with E-state index < -0.39 is 21.4 Å². The number of nitrogens with zero attached hydrogens (tertiary/aromatic N) is 4. The molecule has 2 aromatic heterocycles. The van der Waals surface area contributed by atoms with Crippen LogP contribution in [-0.4, -0.2) is 63.1 Å². The van der Waals surface area contributed by atoms with Crippen LogP contribution >= 0.6 is 0 Å². The molecule has 0 bridgehead atoms. The van der Waals surface area contributed by atoms with Crippen LogP contribution in [0.3, 0.4) is 0 Å². The van der Waals surface area contributed by atoms with Crippen molar-refractivity contribution in [1.29, 1.82) is 0 Å². The topological polar surface area (TPSA) is 136 Å². The van der Waals surface area contributed by atoms with Crippen molar-refractivity contribution < 1.29 is 23.2 Å². The second kappa shape index (κ2) is 8.51. The molecule has 0 aromatic carbocycles. The molecule has 2 aromatic rings. The largest absolute Gasteiger partial charge is 0.481 e. The SMILES string of the molecule is CCn1nc(C)c2c(NC3CCS(=O)(=O)CC3)c(C3=NOC4(CCC(C(=O)O)CC4)C3)cnc21. The van der Waals surface area contributed by atoms with Crippen LogP contribution in [-0.2, 0) is 26.0 Å². The van der Waals surface area contributed by atoms with E-state index in [1.807, 2.05) is 24.7 Å². The number of anilines is 1. The third-order valence-corrected chi connectivity index (χ3v) is 9.25. The summed E-state index contributed by atoms with van der Waals surface area (Å²) in [4.78, 5) is 22.0. The standard InChI is InChI=1S/C23H31N5O5S/c1-3-28-21-19(14(2)26-28)20(25-16-6-10-34(31,32)11-7-16)17(13-24-21)18-12-23(33-27-18)8-4-15(5-9-23)22(29)30/h13,15-16H,3-12H2,1-2H3,(H,24,25)(H,29,30). The molecule has 4 heterocycles. The number of carbonyl (C=O) groups is 1. The van der Waals surface area contributed by atoms with Crippen molar-refractivity contribution in [2.24, 2.45) is 11.1 Å². The molecular formula is C23H31N5O5S. The molecule has 2 fully saturated rings. The number of rotatable bonds is 5. The van der Waals surface area contributed by atoms with Crippen molar-refractivity contribution >= 4 is 38.2 Å². The van der Waals surface area contributed by atoms with Crippen LogP contribution < -0.4 is 5.32 Å². The molecule has 3 aliphatic rings. The minimum atomic E-state index is -2.97. The molecule has 34 heavy (non-hydrogen) atoms. The molecule has 11 heteroatoms. The Morgan fingerprint density at radius 1 is 1.26 bits per heavy atom. The second-order valence-electron chi connectivity index (χ2n) is 9.82. The predicted octanol–water partition coefficient (Wildman–Crippen LogP) is 2.89. The summed E-state index contributed by atoms with van der Waals surface area (Å²) in [7, 11) is -2.97. The van der Waals surface area contributed by atoms with Gasteiger partial charge in [0.2, 0.25) is 0 Å². The highest BCUT2D eigenvalue weighted by Crippen LogP contribution is 2.43. The van der Waals surface area contributed by atoms with E-state index in [1.165, 1.54) is 0 Å². The maximum atomic E-state index is 11.9. The summed E-state index contributed by atoms with van der Waals surface area (Å²) in [6.07, 6.45) is 5.99. The Labute approximate surface area is 198 Å². The van der Waals surface area contributed by atoms with Crippen molar-refractivity contribution in [3.05, 3.63) is 17.5 Å². The molecule has 10 nitrogen and oxygen atoms in total. The number of carboxylic acids is 1. The van der Waals surface area contributed by atoms with Gasteiger partial charge in [-0.05, 0) is 52.4 Å². The van der Waals surface area contributed by atoms with Gasteiger partial charge in [-0.15, -0.1) is 0 Å². The van der Waals surface area contributed by atoms with Crippen molar-refractivity contribution in [1.82, 2.24) is 14.8 Å². The van der Waals surface area contributed by atoms with E-state index in [4.69, 9.17) is 9.82 Å². The van der Waals surface area contributed by atoms with Gasteiger partial charge in [-0.3, -0.25) is 4.79 Å². The average Bonchev–Trinajstić information content (AvgIpc) is 3.36. The third-order valence-electron chi connectivity index (χ3n) is 7.53. The Bertz CT molecular complexity index is 1250. The molecule has 1 aliphatic carbocycles. The summed E-state index contributed by atoms with van der Waals surface area (Å²) in [5, 5.41) is 23.0. The van der Waals surface area contributed by atoms with Crippen LogP contribution in [0.4, 0.5) is 5.69 Å². The number of sulfone groups is 1. The first-order valence-electron chi connectivity index (χ1n) is 12.0. The van der Waals surface area contributed by atoms with Gasteiger partial charge in [-0.2, -0.15) is 5.10 Å². The van der Waals surface area contributed by atoms with E-state index in [1.54, 1.807) is 0 Å². The molecule has 1 saturated heterocycles. The van der Waals surface area contributed by atoms with Gasteiger partial charge in [0, 0.05) is 30.8 Å². The second-order valence-corrected chi connectivity index (χ2v) is 12.1. The number of hydrogen-bond acceptors (Lipinski definition) is 8. The number of hydrogen-bond donors (Lipinski definition) is 2. The van der Waals surface area contributed by atoms with Crippen LogP contribution in [0, 0.1) is 12.8 Å². The molecular weight excluding hydrogens is 458 g/mol. The minimum absolute atomic E-state index is 0.0279. The van der Waals surface area contributed by atoms with Crippen LogP contribution in [0.5, 0.6) is 0 Å². The fraction of sp³-hybridized carbons (Fsp3) is 0.652. The van der Waals surface area contributed by atoms with E-state index >= 15 is 0 Å². The first-order chi connectivity index (χ1) is 16.2. The summed E-state index contributed by atoms with van der Waals surface area (Å²) in [6.45, 7) is 4.67. The normalized spacial score (nSPS) is 22.6. The number of oxime groups is 1. The molecule has 0 unspecified atom stereocenters. The number of fused-ring (bicyclic) bond motifs is 1. The lowest BCUT2D eigenvalue weighted by Crippen LogP contribution is -2.36. The molecule has 5 rings (SSSR count). The number of nitrogens with one attached hydrogen (secondary N) is 1. The lowest BCUT2D eigenvalue weighted by atomic mass is 9.76. The smallest absolute Gasteiger partial charge is 0.306 e. The molecule has 0 atom stereocenters. The van der Waals surface area contributed by atoms with Gasteiger partial charge in [-0.25, -0.2) is 18.1 Å². The van der Waals surface area contributed by atoms with Gasteiger partial charge >= 0.3 is 5.97 Å². The Hall–Kier alpha value is -2.69. The maximum absolute atomic E-state index is 11.9. The van der Waals surface area contributed by atoms with E-state index in [-0.39, 0.29) is 23.5 Å². The zero-order valence-corrected chi connectivity index (χ0v) is 20.4. The van der Waals surface area contributed by atoms with Gasteiger partial charge in [0.05, 0.1) is 39.9 Å². The predicted molar refractivity (Wildman–Crippen MR) is 128 cm³/mol. The highest BCUT2D eigenvalue weighted by molar-refractivity contribution is 7.91. The highest BCUT2D eigenvalue weighted by atomic mass is 32.2. The molecule has 1 spiro atoms. The summed E-state index contributed by atoms with van der Waals surface area (Å²) in [5.74, 6) is -0.703. The van der Waals surface area contributed by atoms with Crippen molar-refractivity contribution in [2.45, 2.75) is 77.0 Å². The van der Waals surface area contributed by atoms with Crippen LogP contribution in [0.15, 0.2) is 11.4 Å². The minimum Gasteiger partial charge on any atom is -0.481 e. The lowest BCUT2D eigenvalue weighted by molar-refractivity contribution is -0.145. The van der Waals surface area contributed by atoms with Gasteiger partial charge < -0.3 is 15.3 Å². The Balaban J connectivity index is 1.47. The van der Waals surface area contributed by atoms with Crippen molar-refractivity contribution in [3.63, 3.8) is 0 Å². The Kier molecular flexibility index (Phi) is 5.78. The molecule has 2 aliphatic heterocycles. The summed E-state index contributed by atoms with van der Waals surface area (Å²) in [6, 6.07) is 0.0279. The van der Waals surface area contributed by atoms with Crippen LogP contribution in [0.1, 0.15) is 63.1 Å². The van der Waals surface area contributed by atoms with Crippen LogP contribution in [0.2, 0.25) is 0 Å². The zero-order valence-electron chi connectivity index (χ0n) is 19.6. The van der Waals surface area contributed by atoms with E-state index in [2.05, 4.69) is 15.6 Å². The number of aliphatic carboxylic acids is 1. The molecule has 2 N–H and O–H groups in total. The van der Waals surface area contributed by atoms with E-state index in [0.717, 1.165) is 33.7 Å². The Morgan fingerprint density at radius 2 is 1.97 bits per heavy atom. The number of carboxylic acid groups (broad SMARTS) is 1. The van der Waals surface area contributed by atoms with E-state index in [0.29, 0.717) is 51.5 Å². The first-order valence-corrected chi connectivity index (χ1v) is 13.8. The van der Waals surface area contributed by atoms with Gasteiger partial charge in [0.1, 0.15) is 15.4 Å². The molecule has 0 radical (unpaired) electrons. The van der Waals surface area contributed by atoms with Gasteiger partial charge in [-0.1, -0.05) is 5.16 Å². The third kappa shape index (κ3) is 4.14. The summed E-state index contributed by atoms with van der Waals surface area (Å²) < 4.78 is 25.8. The Morgan fingerprint density at radius 3 is 2.62 bits per heavy atom. The number of aromatic nitrogens is 3. The van der Waals surface area contributed by atoms with Crippen molar-refractivity contribution in [3.8, 4) is 0 Å². The van der Waals surface area contributed by atoms with Crippen molar-refractivity contribution in [2.75, 3.05) is 16.8 Å². The fourth-order valence-electron chi connectivity index (χ4n) is 5.47. The lowest BCUT2D eigenvalue weighted by Gasteiger charge is -2.33. The zero-order chi connectivity index (χ0) is 24.1. The summed E-state index contributed by atoms with van der Waals surface area (Å²) in [5.41, 5.74) is 3.69. The van der Waals surface area contributed by atoms with E-state index in [9.17, 15) is 18.3 Å². The monoisotopic (exact) mass is 489 g/mol. The number of pyridine rings is 1. The van der Waals surface area contributed by atoms with Crippen LogP contribution in [0.25, 0.3) is 11.0 Å². The fourth-order valence-corrected chi connectivity index (χ4v) is 6.96. The first kappa shape index (κ1) is 23.1. The number of aryl methyl sites for hydroxylation is 2. The molecule has 1 saturated carbocycles. The summed E-state index contributed by atoms with van der Waals surface area (Å²) >= 11 is 0. The molecule has 184 valence electrons. The average molecular weight is 490 g/mol. The van der Waals surface area contributed by atoms with Gasteiger partial charge in [0.15, 0.2) is 5.65 Å². The highest BCUT2D eigenvalue weighted by Gasteiger charge is 2.44. The van der Waals surface area contributed by atoms with Gasteiger partial charge in [0.25, 0.3) is 0 Å². The molecule has 0 amide bonds. The maximum Gasteiger partial charge on any atom is 0.306 e.